The van der Waals surface area contributed by atoms with Gasteiger partial charge in [0.2, 0.25) is 10.0 Å². The van der Waals surface area contributed by atoms with Crippen LogP contribution >= 0.6 is 0 Å². The van der Waals surface area contributed by atoms with Gasteiger partial charge in [-0.25, -0.2) is 22.8 Å². The van der Waals surface area contributed by atoms with Crippen LogP contribution in [0.2, 0.25) is 0 Å². The molecular formula is C15H18N4O2S. The van der Waals surface area contributed by atoms with Crippen molar-refractivity contribution in [2.45, 2.75) is 49.6 Å². The number of aromatic nitrogens is 3. The van der Waals surface area contributed by atoms with Gasteiger partial charge in [0.25, 0.3) is 0 Å². The van der Waals surface area contributed by atoms with Crippen LogP contribution < -0.4 is 4.72 Å². The molecule has 0 saturated heterocycles. The zero-order valence-corrected chi connectivity index (χ0v) is 13.0. The second-order valence-electron chi connectivity index (χ2n) is 5.94. The average Bonchev–Trinajstić information content (AvgIpc) is 3.15. The van der Waals surface area contributed by atoms with E-state index in [1.54, 1.807) is 10.7 Å². The molecule has 2 aliphatic rings. The van der Waals surface area contributed by atoms with Crippen molar-refractivity contribution in [3.8, 4) is 0 Å². The first kappa shape index (κ1) is 13.9. The van der Waals surface area contributed by atoms with Crippen LogP contribution in [0.1, 0.15) is 42.3 Å². The molecule has 22 heavy (non-hydrogen) atoms. The number of hydrogen-bond donors (Lipinski definition) is 1. The Morgan fingerprint density at radius 3 is 2.95 bits per heavy atom. The monoisotopic (exact) mass is 318 g/mol. The highest BCUT2D eigenvalue weighted by Gasteiger charge is 2.28. The highest BCUT2D eigenvalue weighted by atomic mass is 32.2. The van der Waals surface area contributed by atoms with Crippen LogP contribution in [0, 0.1) is 0 Å². The molecule has 116 valence electrons. The van der Waals surface area contributed by atoms with E-state index in [0.29, 0.717) is 10.7 Å². The summed E-state index contributed by atoms with van der Waals surface area (Å²) >= 11 is 0. The topological polar surface area (TPSA) is 76.9 Å². The molecule has 0 fully saturated rings. The van der Waals surface area contributed by atoms with Crippen molar-refractivity contribution in [3.63, 3.8) is 0 Å². The number of rotatable bonds is 3. The zero-order chi connectivity index (χ0) is 15.2. The van der Waals surface area contributed by atoms with E-state index in [-0.39, 0.29) is 6.04 Å². The van der Waals surface area contributed by atoms with Gasteiger partial charge in [-0.3, -0.25) is 0 Å². The summed E-state index contributed by atoms with van der Waals surface area (Å²) in [4.78, 5) is 4.55. The quantitative estimate of drug-likeness (QED) is 0.932. The van der Waals surface area contributed by atoms with Gasteiger partial charge >= 0.3 is 0 Å². The first-order valence-electron chi connectivity index (χ1n) is 7.65. The lowest BCUT2D eigenvalue weighted by Gasteiger charge is -2.23. The number of aryl methyl sites for hydroxylation is 3. The van der Waals surface area contributed by atoms with Crippen molar-refractivity contribution < 1.29 is 8.42 Å². The molecule has 0 radical (unpaired) electrons. The van der Waals surface area contributed by atoms with Gasteiger partial charge in [0.1, 0.15) is 12.2 Å². The van der Waals surface area contributed by atoms with E-state index in [9.17, 15) is 8.42 Å². The molecule has 0 amide bonds. The van der Waals surface area contributed by atoms with E-state index in [1.807, 2.05) is 12.1 Å². The fourth-order valence-electron chi connectivity index (χ4n) is 3.37. The Morgan fingerprint density at radius 2 is 2.05 bits per heavy atom. The Morgan fingerprint density at radius 1 is 1.18 bits per heavy atom. The summed E-state index contributed by atoms with van der Waals surface area (Å²) in [5, 5.41) is 4.13. The zero-order valence-electron chi connectivity index (χ0n) is 12.2. The molecule has 1 aliphatic heterocycles. The fourth-order valence-corrected chi connectivity index (χ4v) is 4.65. The lowest BCUT2D eigenvalue weighted by molar-refractivity contribution is 0.400. The number of benzene rings is 1. The van der Waals surface area contributed by atoms with Gasteiger partial charge < -0.3 is 0 Å². The van der Waals surface area contributed by atoms with E-state index in [0.717, 1.165) is 44.2 Å². The molecule has 1 atom stereocenters. The molecule has 1 aromatic carbocycles. The van der Waals surface area contributed by atoms with Gasteiger partial charge in [-0.05, 0) is 55.4 Å². The van der Waals surface area contributed by atoms with Gasteiger partial charge in [0.05, 0.1) is 10.9 Å². The van der Waals surface area contributed by atoms with Crippen LogP contribution in [0.15, 0.2) is 29.4 Å². The number of nitrogens with one attached hydrogen (secondary N) is 1. The molecule has 0 spiro atoms. The van der Waals surface area contributed by atoms with Gasteiger partial charge in [-0.1, -0.05) is 6.07 Å². The minimum atomic E-state index is -3.53. The SMILES string of the molecule is O=S(=O)(N[C@@H]1CCCn2ncnc21)c1ccc2c(c1)CCC2. The van der Waals surface area contributed by atoms with E-state index in [2.05, 4.69) is 14.8 Å². The van der Waals surface area contributed by atoms with Gasteiger partial charge in [0, 0.05) is 6.54 Å². The first-order chi connectivity index (χ1) is 10.6. The van der Waals surface area contributed by atoms with Gasteiger partial charge in [-0.15, -0.1) is 0 Å². The largest absolute Gasteiger partial charge is 0.248 e. The Balaban J connectivity index is 1.63. The maximum atomic E-state index is 12.7. The smallest absolute Gasteiger partial charge is 0.241 e. The third-order valence-electron chi connectivity index (χ3n) is 4.50. The Bertz CT molecular complexity index is 813. The molecular weight excluding hydrogens is 300 g/mol. The third kappa shape index (κ3) is 2.34. The van der Waals surface area contributed by atoms with Crippen molar-refractivity contribution in [3.05, 3.63) is 41.5 Å². The van der Waals surface area contributed by atoms with E-state index < -0.39 is 10.0 Å². The second-order valence-corrected chi connectivity index (χ2v) is 7.66. The van der Waals surface area contributed by atoms with E-state index in [4.69, 9.17) is 0 Å². The highest BCUT2D eigenvalue weighted by Crippen LogP contribution is 2.27. The van der Waals surface area contributed by atoms with Crippen LogP contribution in [0.25, 0.3) is 0 Å². The summed E-state index contributed by atoms with van der Waals surface area (Å²) < 4.78 is 29.9. The molecule has 1 aliphatic carbocycles. The van der Waals surface area contributed by atoms with Crippen molar-refractivity contribution in [2.75, 3.05) is 0 Å². The third-order valence-corrected chi connectivity index (χ3v) is 5.97. The normalized spacial score (nSPS) is 20.6. The van der Waals surface area contributed by atoms with Crippen LogP contribution in [-0.4, -0.2) is 23.2 Å². The molecule has 0 unspecified atom stereocenters. The van der Waals surface area contributed by atoms with Crippen LogP contribution in [0.3, 0.4) is 0 Å². The predicted molar refractivity (Wildman–Crippen MR) is 80.8 cm³/mol. The molecule has 0 bridgehead atoms. The number of sulfonamides is 1. The second kappa shape index (κ2) is 5.17. The van der Waals surface area contributed by atoms with Crippen molar-refractivity contribution >= 4 is 10.0 Å². The highest BCUT2D eigenvalue weighted by molar-refractivity contribution is 7.89. The minimum absolute atomic E-state index is 0.297. The molecule has 2 aromatic rings. The Kier molecular flexibility index (Phi) is 3.27. The summed E-state index contributed by atoms with van der Waals surface area (Å²) in [5.41, 5.74) is 2.44. The molecule has 6 nitrogen and oxygen atoms in total. The number of fused-ring (bicyclic) bond motifs is 2. The lowest BCUT2D eigenvalue weighted by atomic mass is 10.1. The molecule has 2 heterocycles. The van der Waals surface area contributed by atoms with Gasteiger partial charge in [-0.2, -0.15) is 5.10 Å². The summed E-state index contributed by atoms with van der Waals surface area (Å²) in [6.07, 6.45) is 6.26. The maximum Gasteiger partial charge on any atom is 0.241 e. The van der Waals surface area contributed by atoms with Crippen LogP contribution in [-0.2, 0) is 29.4 Å². The van der Waals surface area contributed by atoms with Crippen LogP contribution in [0.4, 0.5) is 0 Å². The number of nitrogens with zero attached hydrogens (tertiary/aromatic N) is 3. The lowest BCUT2D eigenvalue weighted by Crippen LogP contribution is -2.33. The molecule has 0 saturated carbocycles. The molecule has 1 aromatic heterocycles. The predicted octanol–water partition coefficient (Wildman–Crippen LogP) is 1.58. The summed E-state index contributed by atoms with van der Waals surface area (Å²) in [5.74, 6) is 0.705. The van der Waals surface area contributed by atoms with Crippen molar-refractivity contribution in [1.29, 1.82) is 0 Å². The standard InChI is InChI=1S/C15H18N4O2S/c20-22(21,13-7-6-11-3-1-4-12(11)9-13)18-14-5-2-8-19-15(14)16-10-17-19/h6-7,9-10,14,18H,1-5,8H2/t14-/m1/s1. The van der Waals surface area contributed by atoms with Crippen LogP contribution in [0.5, 0.6) is 0 Å². The summed E-state index contributed by atoms with van der Waals surface area (Å²) in [6, 6.07) is 5.17. The van der Waals surface area contributed by atoms with E-state index >= 15 is 0 Å². The number of hydrogen-bond acceptors (Lipinski definition) is 4. The molecule has 4 rings (SSSR count). The molecule has 1 N–H and O–H groups in total. The van der Waals surface area contributed by atoms with Gasteiger partial charge in [0.15, 0.2) is 0 Å². The molecule has 7 heteroatoms. The summed E-state index contributed by atoms with van der Waals surface area (Å²) in [7, 11) is -3.53. The maximum absolute atomic E-state index is 12.7. The van der Waals surface area contributed by atoms with E-state index in [1.165, 1.54) is 11.9 Å². The first-order valence-corrected chi connectivity index (χ1v) is 9.14. The average molecular weight is 318 g/mol. The van der Waals surface area contributed by atoms with Crippen molar-refractivity contribution in [1.82, 2.24) is 19.5 Å². The Labute approximate surface area is 129 Å². The Hall–Kier alpha value is -1.73. The minimum Gasteiger partial charge on any atom is -0.248 e. The van der Waals surface area contributed by atoms with Crippen molar-refractivity contribution in [2.24, 2.45) is 0 Å². The fraction of sp³-hybridized carbons (Fsp3) is 0.467. The summed E-state index contributed by atoms with van der Waals surface area (Å²) in [6.45, 7) is 0.798.